The van der Waals surface area contributed by atoms with E-state index in [1.54, 1.807) is 0 Å². The summed E-state index contributed by atoms with van der Waals surface area (Å²) in [6.07, 6.45) is 10.1. The fraction of sp³-hybridized carbons (Fsp3) is 0.625. The maximum Gasteiger partial charge on any atom is 0.309 e. The number of ether oxygens (including phenoxy) is 1. The normalized spacial score (nSPS) is 36.3. The van der Waals surface area contributed by atoms with Crippen molar-refractivity contribution in [2.75, 3.05) is 0 Å². The Balaban J connectivity index is 1.52. The molecule has 3 aliphatic rings. The summed E-state index contributed by atoms with van der Waals surface area (Å²) in [5.74, 6) is 2.22. The second-order valence-corrected chi connectivity index (χ2v) is 9.47. The first-order valence-corrected chi connectivity index (χ1v) is 10.4. The van der Waals surface area contributed by atoms with E-state index >= 15 is 0 Å². The van der Waals surface area contributed by atoms with E-state index in [1.165, 1.54) is 12.0 Å². The highest BCUT2D eigenvalue weighted by Gasteiger charge is 2.45. The zero-order chi connectivity index (χ0) is 18.3. The number of fused-ring (bicyclic) bond motifs is 2. The van der Waals surface area contributed by atoms with Gasteiger partial charge in [-0.25, -0.2) is 0 Å². The van der Waals surface area contributed by atoms with Crippen LogP contribution in [0.5, 0.6) is 0 Å². The number of esters is 1. The lowest BCUT2D eigenvalue weighted by Crippen LogP contribution is -2.44. The van der Waals surface area contributed by atoms with Crippen LogP contribution in [0, 0.1) is 29.6 Å². The third kappa shape index (κ3) is 3.23. The van der Waals surface area contributed by atoms with Crippen LogP contribution < -0.4 is 0 Å². The highest BCUT2D eigenvalue weighted by atomic mass is 16.5. The Kier molecular flexibility index (Phi) is 4.71. The van der Waals surface area contributed by atoms with E-state index in [0.717, 1.165) is 25.7 Å². The summed E-state index contributed by atoms with van der Waals surface area (Å²) >= 11 is 0. The van der Waals surface area contributed by atoms with Crippen molar-refractivity contribution in [2.24, 2.45) is 29.6 Å². The van der Waals surface area contributed by atoms with Crippen LogP contribution in [0.25, 0.3) is 0 Å². The van der Waals surface area contributed by atoms with Crippen LogP contribution in [0.2, 0.25) is 0 Å². The summed E-state index contributed by atoms with van der Waals surface area (Å²) in [6.45, 7) is 6.95. The topological polar surface area (TPSA) is 26.3 Å². The minimum absolute atomic E-state index is 0.0148. The van der Waals surface area contributed by atoms with E-state index in [2.05, 4.69) is 63.3 Å². The van der Waals surface area contributed by atoms with Crippen LogP contribution in [-0.4, -0.2) is 12.1 Å². The number of benzene rings is 1. The van der Waals surface area contributed by atoms with Crippen LogP contribution in [0.15, 0.2) is 42.5 Å². The average molecular weight is 353 g/mol. The Labute approximate surface area is 158 Å². The number of allylic oxidation sites excluding steroid dienone is 2. The Morgan fingerprint density at radius 1 is 1.04 bits per heavy atom. The predicted octanol–water partition coefficient (Wildman–Crippen LogP) is 5.52. The van der Waals surface area contributed by atoms with Crippen molar-refractivity contribution in [1.82, 2.24) is 0 Å². The lowest BCUT2D eigenvalue weighted by Gasteiger charge is -2.44. The quantitative estimate of drug-likeness (QED) is 0.526. The molecule has 2 nitrogen and oxygen atoms in total. The minimum atomic E-state index is 0.0148. The molecule has 140 valence electrons. The van der Waals surface area contributed by atoms with Gasteiger partial charge in [0.1, 0.15) is 6.10 Å². The molecule has 0 amide bonds. The fourth-order valence-electron chi connectivity index (χ4n) is 5.65. The molecule has 2 bridgehead atoms. The van der Waals surface area contributed by atoms with Crippen LogP contribution in [-0.2, 0) is 14.9 Å². The van der Waals surface area contributed by atoms with Gasteiger partial charge in [0.2, 0.25) is 0 Å². The molecule has 3 aliphatic carbocycles. The molecule has 2 fully saturated rings. The monoisotopic (exact) mass is 352 g/mol. The Morgan fingerprint density at radius 2 is 1.81 bits per heavy atom. The van der Waals surface area contributed by atoms with Gasteiger partial charge < -0.3 is 4.74 Å². The summed E-state index contributed by atoms with van der Waals surface area (Å²) in [7, 11) is 0. The molecule has 4 rings (SSSR count). The second kappa shape index (κ2) is 6.87. The average Bonchev–Trinajstić information content (AvgIpc) is 3.26. The number of carbonyl (C=O) groups is 1. The van der Waals surface area contributed by atoms with Gasteiger partial charge in [0.15, 0.2) is 0 Å². The van der Waals surface area contributed by atoms with E-state index in [4.69, 9.17) is 4.74 Å². The van der Waals surface area contributed by atoms with Crippen molar-refractivity contribution >= 4 is 5.97 Å². The van der Waals surface area contributed by atoms with Crippen molar-refractivity contribution in [3.63, 3.8) is 0 Å². The lowest BCUT2D eigenvalue weighted by atomic mass is 9.64. The van der Waals surface area contributed by atoms with Gasteiger partial charge >= 0.3 is 5.97 Å². The van der Waals surface area contributed by atoms with Crippen molar-refractivity contribution in [3.8, 4) is 0 Å². The van der Waals surface area contributed by atoms with Gasteiger partial charge in [0.05, 0.1) is 5.92 Å². The van der Waals surface area contributed by atoms with Crippen LogP contribution in [0.1, 0.15) is 58.4 Å². The molecular formula is C24H32O2. The van der Waals surface area contributed by atoms with Gasteiger partial charge in [0.25, 0.3) is 0 Å². The first kappa shape index (κ1) is 17.8. The molecule has 2 saturated carbocycles. The van der Waals surface area contributed by atoms with Crippen LogP contribution in [0.3, 0.4) is 0 Å². The molecule has 1 aromatic rings. The summed E-state index contributed by atoms with van der Waals surface area (Å²) in [6, 6.07) is 10.7. The van der Waals surface area contributed by atoms with Crippen LogP contribution >= 0.6 is 0 Å². The summed E-state index contributed by atoms with van der Waals surface area (Å²) in [4.78, 5) is 13.0. The second-order valence-electron chi connectivity index (χ2n) is 9.47. The van der Waals surface area contributed by atoms with Gasteiger partial charge in [-0.3, -0.25) is 4.79 Å². The first-order valence-electron chi connectivity index (χ1n) is 10.4. The number of hydrogen-bond acceptors (Lipinski definition) is 2. The smallest absolute Gasteiger partial charge is 0.309 e. The third-order valence-corrected chi connectivity index (χ3v) is 7.35. The van der Waals surface area contributed by atoms with E-state index in [9.17, 15) is 4.79 Å². The first-order chi connectivity index (χ1) is 12.4. The molecule has 0 aliphatic heterocycles. The van der Waals surface area contributed by atoms with Crippen LogP contribution in [0.4, 0.5) is 0 Å². The van der Waals surface area contributed by atoms with Crippen molar-refractivity contribution in [3.05, 3.63) is 48.0 Å². The zero-order valence-corrected chi connectivity index (χ0v) is 16.4. The molecule has 6 atom stereocenters. The summed E-state index contributed by atoms with van der Waals surface area (Å²) in [5, 5.41) is 0. The molecule has 1 aromatic carbocycles. The lowest BCUT2D eigenvalue weighted by molar-refractivity contribution is -0.162. The molecule has 0 spiro atoms. The Morgan fingerprint density at radius 3 is 2.46 bits per heavy atom. The maximum absolute atomic E-state index is 13.0. The zero-order valence-electron chi connectivity index (χ0n) is 16.4. The number of carbonyl (C=O) groups excluding carboxylic acids is 1. The Bertz CT molecular complexity index is 675. The van der Waals surface area contributed by atoms with Gasteiger partial charge in [0, 0.05) is 5.92 Å². The largest absolute Gasteiger partial charge is 0.462 e. The van der Waals surface area contributed by atoms with E-state index < -0.39 is 0 Å². The molecule has 0 saturated heterocycles. The molecule has 2 heteroatoms. The molecule has 0 N–H and O–H groups in total. The van der Waals surface area contributed by atoms with E-state index in [1.807, 2.05) is 0 Å². The van der Waals surface area contributed by atoms with Gasteiger partial charge in [-0.1, -0.05) is 69.7 Å². The summed E-state index contributed by atoms with van der Waals surface area (Å²) < 4.78 is 6.25. The molecule has 0 heterocycles. The van der Waals surface area contributed by atoms with Crippen molar-refractivity contribution in [1.29, 1.82) is 0 Å². The predicted molar refractivity (Wildman–Crippen MR) is 105 cm³/mol. The van der Waals surface area contributed by atoms with Gasteiger partial charge in [-0.05, 0) is 54.4 Å². The number of rotatable bonds is 4. The molecular weight excluding hydrogens is 320 g/mol. The standard InChI is InChI=1S/C24H32O2/c1-16-9-12-21(24(2,3)19-7-5-4-6-8-19)22(13-16)26-23(25)20-15-17-10-11-18(20)14-17/h4-8,10-11,16-18,20-22H,9,12-15H2,1-3H3/t16-,17-,18+,20-,21-,22-/m1/s1. The van der Waals surface area contributed by atoms with Gasteiger partial charge in [-0.2, -0.15) is 0 Å². The molecule has 0 unspecified atom stereocenters. The molecule has 0 radical (unpaired) electrons. The summed E-state index contributed by atoms with van der Waals surface area (Å²) in [5.41, 5.74) is 1.37. The van der Waals surface area contributed by atoms with E-state index in [0.29, 0.717) is 23.7 Å². The number of hydrogen-bond donors (Lipinski definition) is 0. The van der Waals surface area contributed by atoms with E-state index in [-0.39, 0.29) is 23.4 Å². The van der Waals surface area contributed by atoms with Crippen molar-refractivity contribution < 1.29 is 9.53 Å². The minimum Gasteiger partial charge on any atom is -0.462 e. The van der Waals surface area contributed by atoms with Gasteiger partial charge in [-0.15, -0.1) is 0 Å². The highest BCUT2D eigenvalue weighted by Crippen LogP contribution is 2.47. The highest BCUT2D eigenvalue weighted by molar-refractivity contribution is 5.74. The fourth-order valence-corrected chi connectivity index (χ4v) is 5.65. The van der Waals surface area contributed by atoms with Crippen molar-refractivity contribution in [2.45, 2.75) is 64.4 Å². The SMILES string of the molecule is C[C@@H]1CC[C@@H](C(C)(C)c2ccccc2)[C@H](OC(=O)[C@@H]2C[C@@H]3C=C[C@H]2C3)C1. The molecule has 26 heavy (non-hydrogen) atoms. The third-order valence-electron chi connectivity index (χ3n) is 7.35. The maximum atomic E-state index is 13.0. The molecule has 0 aromatic heterocycles. The Hall–Kier alpha value is -1.57.